The Morgan fingerprint density at radius 3 is 2.29 bits per heavy atom. The van der Waals surface area contributed by atoms with Crippen LogP contribution in [0.2, 0.25) is 0 Å². The average molecular weight is 242 g/mol. The zero-order chi connectivity index (χ0) is 13.1. The summed E-state index contributed by atoms with van der Waals surface area (Å²) in [7, 11) is 0. The molecule has 0 spiro atoms. The van der Waals surface area contributed by atoms with Crippen molar-refractivity contribution in [3.05, 3.63) is 0 Å². The smallest absolute Gasteiger partial charge is 0.407 e. The van der Waals surface area contributed by atoms with E-state index >= 15 is 0 Å². The Labute approximate surface area is 104 Å². The third-order valence-corrected chi connectivity index (χ3v) is 3.06. The second kappa shape index (κ2) is 5.25. The minimum Gasteiger partial charge on any atom is -0.444 e. The van der Waals surface area contributed by atoms with Crippen molar-refractivity contribution in [2.24, 2.45) is 5.92 Å². The number of nitrogens with one attached hydrogen (secondary N) is 2. The lowest BCUT2D eigenvalue weighted by Gasteiger charge is -2.31. The molecule has 4 nitrogen and oxygen atoms in total. The standard InChI is InChI=1S/C13H26N2O2/c1-6-15-13(5,10-7-8-10)9-14-11(16)17-12(2,3)4/h10,15H,6-9H2,1-5H3,(H,14,16). The Bertz CT molecular complexity index is 269. The van der Waals surface area contributed by atoms with Gasteiger partial charge in [0.2, 0.25) is 0 Å². The van der Waals surface area contributed by atoms with Crippen molar-refractivity contribution in [2.45, 2.75) is 58.6 Å². The molecule has 1 aliphatic rings. The SMILES string of the molecule is CCNC(C)(CNC(=O)OC(C)(C)C)C1CC1. The Morgan fingerprint density at radius 1 is 1.29 bits per heavy atom. The number of carbonyl (C=O) groups excluding carboxylic acids is 1. The van der Waals surface area contributed by atoms with Gasteiger partial charge in [-0.05, 0) is 53.0 Å². The topological polar surface area (TPSA) is 50.4 Å². The first kappa shape index (κ1) is 14.3. The normalized spacial score (nSPS) is 19.6. The van der Waals surface area contributed by atoms with Crippen LogP contribution in [0.4, 0.5) is 4.79 Å². The first-order valence-corrected chi connectivity index (χ1v) is 6.49. The predicted octanol–water partition coefficient (Wildman–Crippen LogP) is 2.29. The van der Waals surface area contributed by atoms with E-state index in [1.54, 1.807) is 0 Å². The van der Waals surface area contributed by atoms with E-state index in [4.69, 9.17) is 4.74 Å². The fourth-order valence-electron chi connectivity index (χ4n) is 2.05. The molecule has 0 saturated heterocycles. The Kier molecular flexibility index (Phi) is 4.42. The van der Waals surface area contributed by atoms with Gasteiger partial charge in [0.05, 0.1) is 0 Å². The zero-order valence-electron chi connectivity index (χ0n) is 11.7. The molecule has 0 bridgehead atoms. The Morgan fingerprint density at radius 2 is 1.88 bits per heavy atom. The summed E-state index contributed by atoms with van der Waals surface area (Å²) in [4.78, 5) is 11.6. The molecule has 0 aliphatic heterocycles. The minimum absolute atomic E-state index is 0.00561. The summed E-state index contributed by atoms with van der Waals surface area (Å²) in [6.07, 6.45) is 2.17. The monoisotopic (exact) mass is 242 g/mol. The summed E-state index contributed by atoms with van der Waals surface area (Å²) >= 11 is 0. The number of hydrogen-bond acceptors (Lipinski definition) is 3. The fraction of sp³-hybridized carbons (Fsp3) is 0.923. The van der Waals surface area contributed by atoms with Gasteiger partial charge in [-0.15, -0.1) is 0 Å². The predicted molar refractivity (Wildman–Crippen MR) is 69.0 cm³/mol. The summed E-state index contributed by atoms with van der Waals surface area (Å²) in [6, 6.07) is 0. The van der Waals surface area contributed by atoms with Crippen molar-refractivity contribution in [1.29, 1.82) is 0 Å². The molecule has 100 valence electrons. The average Bonchev–Trinajstić information content (AvgIpc) is 2.95. The number of amides is 1. The lowest BCUT2D eigenvalue weighted by molar-refractivity contribution is 0.0508. The molecule has 0 aromatic carbocycles. The summed E-state index contributed by atoms with van der Waals surface area (Å²) in [5.41, 5.74) is -0.427. The quantitative estimate of drug-likeness (QED) is 0.777. The molecule has 1 amide bonds. The molecule has 0 aromatic rings. The van der Waals surface area contributed by atoms with E-state index < -0.39 is 5.60 Å². The molecule has 4 heteroatoms. The van der Waals surface area contributed by atoms with Gasteiger partial charge in [-0.1, -0.05) is 6.92 Å². The van der Waals surface area contributed by atoms with Gasteiger partial charge >= 0.3 is 6.09 Å². The van der Waals surface area contributed by atoms with Crippen LogP contribution in [0.25, 0.3) is 0 Å². The van der Waals surface area contributed by atoms with Crippen molar-refractivity contribution in [2.75, 3.05) is 13.1 Å². The van der Waals surface area contributed by atoms with E-state index in [2.05, 4.69) is 24.5 Å². The van der Waals surface area contributed by atoms with Gasteiger partial charge in [0, 0.05) is 12.1 Å². The minimum atomic E-state index is -0.432. The number of likely N-dealkylation sites (N-methyl/N-ethyl adjacent to an activating group) is 1. The second-order valence-electron chi connectivity index (χ2n) is 6.08. The summed E-state index contributed by atoms with van der Waals surface area (Å²) < 4.78 is 5.23. The Balaban J connectivity index is 2.39. The lowest BCUT2D eigenvalue weighted by atomic mass is 9.96. The van der Waals surface area contributed by atoms with Crippen LogP contribution in [0, 0.1) is 5.92 Å². The van der Waals surface area contributed by atoms with Crippen LogP contribution < -0.4 is 10.6 Å². The van der Waals surface area contributed by atoms with E-state index in [0.29, 0.717) is 12.5 Å². The molecule has 0 aromatic heterocycles. The fourth-order valence-corrected chi connectivity index (χ4v) is 2.05. The summed E-state index contributed by atoms with van der Waals surface area (Å²) in [6.45, 7) is 11.4. The highest BCUT2D eigenvalue weighted by molar-refractivity contribution is 5.67. The van der Waals surface area contributed by atoms with Crippen LogP contribution in [-0.2, 0) is 4.74 Å². The molecule has 1 rings (SSSR count). The van der Waals surface area contributed by atoms with E-state index in [0.717, 1.165) is 6.54 Å². The van der Waals surface area contributed by atoms with E-state index in [1.807, 2.05) is 20.8 Å². The zero-order valence-corrected chi connectivity index (χ0v) is 11.7. The molecule has 1 saturated carbocycles. The number of carbonyl (C=O) groups is 1. The maximum absolute atomic E-state index is 11.6. The van der Waals surface area contributed by atoms with Gasteiger partial charge in [0.25, 0.3) is 0 Å². The largest absolute Gasteiger partial charge is 0.444 e. The van der Waals surface area contributed by atoms with Gasteiger partial charge in [0.15, 0.2) is 0 Å². The third-order valence-electron chi connectivity index (χ3n) is 3.06. The summed E-state index contributed by atoms with van der Waals surface area (Å²) in [5, 5.41) is 6.33. The van der Waals surface area contributed by atoms with Crippen LogP contribution in [-0.4, -0.2) is 30.3 Å². The number of rotatable bonds is 5. The molecule has 1 unspecified atom stereocenters. The van der Waals surface area contributed by atoms with E-state index in [9.17, 15) is 4.79 Å². The molecule has 17 heavy (non-hydrogen) atoms. The van der Waals surface area contributed by atoms with Gasteiger partial charge in [0.1, 0.15) is 5.60 Å². The van der Waals surface area contributed by atoms with Crippen molar-refractivity contribution in [3.63, 3.8) is 0 Å². The molecular weight excluding hydrogens is 216 g/mol. The van der Waals surface area contributed by atoms with Crippen LogP contribution in [0.3, 0.4) is 0 Å². The van der Waals surface area contributed by atoms with Crippen LogP contribution in [0.15, 0.2) is 0 Å². The molecule has 1 aliphatic carbocycles. The highest BCUT2D eigenvalue weighted by atomic mass is 16.6. The number of ether oxygens (including phenoxy) is 1. The van der Waals surface area contributed by atoms with Gasteiger partial charge < -0.3 is 15.4 Å². The van der Waals surface area contributed by atoms with E-state index in [1.165, 1.54) is 12.8 Å². The molecule has 2 N–H and O–H groups in total. The maximum atomic E-state index is 11.6. The maximum Gasteiger partial charge on any atom is 0.407 e. The lowest BCUT2D eigenvalue weighted by Crippen LogP contribution is -2.53. The molecule has 0 radical (unpaired) electrons. The van der Waals surface area contributed by atoms with Gasteiger partial charge in [-0.3, -0.25) is 0 Å². The highest BCUT2D eigenvalue weighted by Crippen LogP contribution is 2.39. The summed E-state index contributed by atoms with van der Waals surface area (Å²) in [5.74, 6) is 0.678. The molecule has 1 atom stereocenters. The number of alkyl carbamates (subject to hydrolysis) is 1. The van der Waals surface area contributed by atoms with Gasteiger partial charge in [-0.2, -0.15) is 0 Å². The van der Waals surface area contributed by atoms with Crippen molar-refractivity contribution in [1.82, 2.24) is 10.6 Å². The molecular formula is C13H26N2O2. The van der Waals surface area contributed by atoms with Crippen LogP contribution in [0.1, 0.15) is 47.5 Å². The second-order valence-corrected chi connectivity index (χ2v) is 6.08. The highest BCUT2D eigenvalue weighted by Gasteiger charge is 2.41. The van der Waals surface area contributed by atoms with Crippen molar-refractivity contribution < 1.29 is 9.53 Å². The van der Waals surface area contributed by atoms with E-state index in [-0.39, 0.29) is 11.6 Å². The Hall–Kier alpha value is -0.770. The molecule has 0 heterocycles. The first-order chi connectivity index (χ1) is 7.77. The van der Waals surface area contributed by atoms with Crippen LogP contribution >= 0.6 is 0 Å². The van der Waals surface area contributed by atoms with Crippen molar-refractivity contribution >= 4 is 6.09 Å². The van der Waals surface area contributed by atoms with Crippen LogP contribution in [0.5, 0.6) is 0 Å². The third kappa shape index (κ3) is 4.94. The first-order valence-electron chi connectivity index (χ1n) is 6.49. The van der Waals surface area contributed by atoms with Crippen molar-refractivity contribution in [3.8, 4) is 0 Å². The number of hydrogen-bond donors (Lipinski definition) is 2. The molecule has 1 fully saturated rings. The van der Waals surface area contributed by atoms with Gasteiger partial charge in [-0.25, -0.2) is 4.79 Å².